The summed E-state index contributed by atoms with van der Waals surface area (Å²) in [6.45, 7) is 2.82. The number of benzene rings is 2. The number of nitrogens with one attached hydrogen (secondary N) is 1. The smallest absolute Gasteiger partial charge is 0.173 e. The van der Waals surface area contributed by atoms with E-state index in [9.17, 15) is 4.39 Å². The number of nitrogens with zero attached hydrogens (tertiary/aromatic N) is 1. The van der Waals surface area contributed by atoms with Crippen LogP contribution in [0.25, 0.3) is 0 Å². The number of halogens is 1. The number of hydrogen-bond acceptors (Lipinski definition) is 1. The Kier molecular flexibility index (Phi) is 5.28. The molecule has 0 atom stereocenters. The van der Waals surface area contributed by atoms with E-state index in [2.05, 4.69) is 36.5 Å². The maximum atomic E-state index is 13.6. The van der Waals surface area contributed by atoms with Crippen molar-refractivity contribution in [1.82, 2.24) is 4.90 Å². The van der Waals surface area contributed by atoms with E-state index < -0.39 is 0 Å². The van der Waals surface area contributed by atoms with E-state index in [-0.39, 0.29) is 5.82 Å². The molecule has 2 aromatic carbocycles. The van der Waals surface area contributed by atoms with Gasteiger partial charge in [-0.3, -0.25) is 0 Å². The van der Waals surface area contributed by atoms with Crippen molar-refractivity contribution in [3.8, 4) is 0 Å². The molecule has 0 bridgehead atoms. The fourth-order valence-electron chi connectivity index (χ4n) is 2.00. The monoisotopic (exact) mass is 302 g/mol. The van der Waals surface area contributed by atoms with E-state index in [1.54, 1.807) is 18.2 Å². The predicted molar refractivity (Wildman–Crippen MR) is 89.9 cm³/mol. The van der Waals surface area contributed by atoms with Crippen LogP contribution in [-0.4, -0.2) is 17.1 Å². The summed E-state index contributed by atoms with van der Waals surface area (Å²) in [7, 11) is 1.89. The standard InChI is InChI=1S/C17H19FN2S/c1-3-13-8-10-14(11-9-13)12-20(2)17(21)19-16-7-5-4-6-15(16)18/h4-11H,3,12H2,1-2H3,(H,19,21). The predicted octanol–water partition coefficient (Wildman–Crippen LogP) is 4.22. The molecule has 4 heteroatoms. The average Bonchev–Trinajstić information content (AvgIpc) is 2.50. The molecule has 2 nitrogen and oxygen atoms in total. The highest BCUT2D eigenvalue weighted by molar-refractivity contribution is 7.80. The molecule has 0 unspecified atom stereocenters. The summed E-state index contributed by atoms with van der Waals surface area (Å²) in [6.07, 6.45) is 1.03. The van der Waals surface area contributed by atoms with E-state index in [0.29, 0.717) is 17.3 Å². The molecule has 0 saturated carbocycles. The van der Waals surface area contributed by atoms with E-state index in [4.69, 9.17) is 12.2 Å². The topological polar surface area (TPSA) is 15.3 Å². The lowest BCUT2D eigenvalue weighted by Crippen LogP contribution is -2.30. The van der Waals surface area contributed by atoms with Gasteiger partial charge in [0, 0.05) is 13.6 Å². The molecule has 0 radical (unpaired) electrons. The van der Waals surface area contributed by atoms with Gasteiger partial charge in [-0.15, -0.1) is 0 Å². The molecule has 2 rings (SSSR count). The van der Waals surface area contributed by atoms with Gasteiger partial charge in [-0.2, -0.15) is 0 Å². The van der Waals surface area contributed by atoms with Crippen LogP contribution < -0.4 is 5.32 Å². The fourth-order valence-corrected chi connectivity index (χ4v) is 2.17. The van der Waals surface area contributed by atoms with Crippen molar-refractivity contribution in [2.45, 2.75) is 19.9 Å². The van der Waals surface area contributed by atoms with Gasteiger partial charge in [0.1, 0.15) is 5.82 Å². The lowest BCUT2D eigenvalue weighted by molar-refractivity contribution is 0.508. The van der Waals surface area contributed by atoms with Crippen LogP contribution in [0.3, 0.4) is 0 Å². The van der Waals surface area contributed by atoms with Crippen molar-refractivity contribution in [2.24, 2.45) is 0 Å². The highest BCUT2D eigenvalue weighted by Crippen LogP contribution is 2.14. The first kappa shape index (κ1) is 15.4. The molecule has 110 valence electrons. The Morgan fingerprint density at radius 1 is 1.10 bits per heavy atom. The first-order valence-electron chi connectivity index (χ1n) is 6.94. The van der Waals surface area contributed by atoms with Crippen molar-refractivity contribution < 1.29 is 4.39 Å². The van der Waals surface area contributed by atoms with Gasteiger partial charge in [0.05, 0.1) is 5.69 Å². The molecule has 0 aromatic heterocycles. The number of anilines is 1. The lowest BCUT2D eigenvalue weighted by atomic mass is 10.1. The number of aryl methyl sites for hydroxylation is 1. The van der Waals surface area contributed by atoms with Crippen LogP contribution in [0.1, 0.15) is 18.1 Å². The zero-order valence-corrected chi connectivity index (χ0v) is 13.1. The Morgan fingerprint density at radius 3 is 2.33 bits per heavy atom. The summed E-state index contributed by atoms with van der Waals surface area (Å²) in [5.41, 5.74) is 2.89. The van der Waals surface area contributed by atoms with Crippen molar-refractivity contribution in [2.75, 3.05) is 12.4 Å². The third-order valence-corrected chi connectivity index (χ3v) is 3.73. The number of para-hydroxylation sites is 1. The van der Waals surface area contributed by atoms with Crippen LogP contribution in [0.2, 0.25) is 0 Å². The average molecular weight is 302 g/mol. The largest absolute Gasteiger partial charge is 0.348 e. The Labute approximate surface area is 130 Å². The van der Waals surface area contributed by atoms with Crippen molar-refractivity contribution in [3.63, 3.8) is 0 Å². The highest BCUT2D eigenvalue weighted by Gasteiger charge is 2.08. The van der Waals surface area contributed by atoms with Crippen LogP contribution in [0, 0.1) is 5.82 Å². The molecule has 0 saturated heterocycles. The second-order valence-corrected chi connectivity index (χ2v) is 5.32. The fraction of sp³-hybridized carbons (Fsp3) is 0.235. The van der Waals surface area contributed by atoms with Gasteiger partial charge in [0.15, 0.2) is 5.11 Å². The zero-order valence-electron chi connectivity index (χ0n) is 12.3. The van der Waals surface area contributed by atoms with Gasteiger partial charge in [0.25, 0.3) is 0 Å². The van der Waals surface area contributed by atoms with Crippen LogP contribution >= 0.6 is 12.2 Å². The minimum absolute atomic E-state index is 0.305. The Balaban J connectivity index is 1.97. The van der Waals surface area contributed by atoms with Gasteiger partial charge in [-0.25, -0.2) is 4.39 Å². The zero-order chi connectivity index (χ0) is 15.2. The Morgan fingerprint density at radius 2 is 1.71 bits per heavy atom. The van der Waals surface area contributed by atoms with Gasteiger partial charge in [-0.05, 0) is 41.9 Å². The number of rotatable bonds is 4. The maximum Gasteiger partial charge on any atom is 0.173 e. The van der Waals surface area contributed by atoms with E-state index in [1.807, 2.05) is 11.9 Å². The molecule has 0 heterocycles. The third kappa shape index (κ3) is 4.26. The summed E-state index contributed by atoms with van der Waals surface area (Å²) in [6, 6.07) is 15.0. The normalized spacial score (nSPS) is 10.2. The SMILES string of the molecule is CCc1ccc(CN(C)C(=S)Nc2ccccc2F)cc1. The second kappa shape index (κ2) is 7.18. The van der Waals surface area contributed by atoms with E-state index in [0.717, 1.165) is 6.42 Å². The molecule has 2 aromatic rings. The van der Waals surface area contributed by atoms with Gasteiger partial charge < -0.3 is 10.2 Å². The van der Waals surface area contributed by atoms with Crippen LogP contribution in [0.4, 0.5) is 10.1 Å². The number of hydrogen-bond donors (Lipinski definition) is 1. The molecule has 0 spiro atoms. The summed E-state index contributed by atoms with van der Waals surface area (Å²) >= 11 is 5.31. The van der Waals surface area contributed by atoms with Gasteiger partial charge >= 0.3 is 0 Å². The van der Waals surface area contributed by atoms with Crippen molar-refractivity contribution in [3.05, 3.63) is 65.5 Å². The molecule has 1 N–H and O–H groups in total. The molecule has 0 aliphatic heterocycles. The first-order chi connectivity index (χ1) is 10.1. The lowest BCUT2D eigenvalue weighted by Gasteiger charge is -2.21. The summed E-state index contributed by atoms with van der Waals surface area (Å²) in [4.78, 5) is 1.89. The summed E-state index contributed by atoms with van der Waals surface area (Å²) in [5, 5.41) is 3.43. The van der Waals surface area contributed by atoms with E-state index in [1.165, 1.54) is 17.2 Å². The third-order valence-electron chi connectivity index (χ3n) is 3.31. The van der Waals surface area contributed by atoms with Gasteiger partial charge in [-0.1, -0.05) is 43.3 Å². The molecule has 21 heavy (non-hydrogen) atoms. The maximum absolute atomic E-state index is 13.6. The summed E-state index contributed by atoms with van der Waals surface area (Å²) < 4.78 is 13.6. The Hall–Kier alpha value is -1.94. The minimum atomic E-state index is -0.305. The second-order valence-electron chi connectivity index (χ2n) is 4.94. The van der Waals surface area contributed by atoms with Crippen molar-refractivity contribution >= 4 is 23.0 Å². The van der Waals surface area contributed by atoms with Gasteiger partial charge in [0.2, 0.25) is 0 Å². The minimum Gasteiger partial charge on any atom is -0.348 e. The molecule has 0 aliphatic carbocycles. The van der Waals surface area contributed by atoms with Crippen LogP contribution in [0.15, 0.2) is 48.5 Å². The van der Waals surface area contributed by atoms with Crippen molar-refractivity contribution in [1.29, 1.82) is 0 Å². The van der Waals surface area contributed by atoms with Crippen LogP contribution in [-0.2, 0) is 13.0 Å². The van der Waals surface area contributed by atoms with E-state index >= 15 is 0 Å². The number of thiocarbonyl (C=S) groups is 1. The quantitative estimate of drug-likeness (QED) is 0.851. The van der Waals surface area contributed by atoms with Crippen LogP contribution in [0.5, 0.6) is 0 Å². The molecule has 0 aliphatic rings. The summed E-state index contributed by atoms with van der Waals surface area (Å²) in [5.74, 6) is -0.305. The molecule has 0 amide bonds. The molecular formula is C17H19FN2S. The molecular weight excluding hydrogens is 283 g/mol. The first-order valence-corrected chi connectivity index (χ1v) is 7.35. The molecule has 0 fully saturated rings. The Bertz CT molecular complexity index is 610. The highest BCUT2D eigenvalue weighted by atomic mass is 32.1.